The van der Waals surface area contributed by atoms with Crippen molar-refractivity contribution in [3.8, 4) is 11.1 Å². The van der Waals surface area contributed by atoms with Crippen LogP contribution >= 0.6 is 11.3 Å². The lowest BCUT2D eigenvalue weighted by atomic mass is 10.0. The van der Waals surface area contributed by atoms with Crippen LogP contribution in [-0.4, -0.2) is 44.1 Å². The monoisotopic (exact) mass is 420 g/mol. The smallest absolute Gasteiger partial charge is 0.341 e. The van der Waals surface area contributed by atoms with Crippen LogP contribution in [0.25, 0.3) is 11.1 Å². The third kappa shape index (κ3) is 5.33. The maximum Gasteiger partial charge on any atom is 0.341 e. The number of para-hydroxylation sites is 1. The molecule has 0 atom stereocenters. The van der Waals surface area contributed by atoms with E-state index in [2.05, 4.69) is 15.5 Å². The summed E-state index contributed by atoms with van der Waals surface area (Å²) in [5, 5.41) is 4.96. The molecule has 0 unspecified atom stereocenters. The molecule has 7 heteroatoms. The zero-order valence-electron chi connectivity index (χ0n) is 17.2. The second kappa shape index (κ2) is 10.4. The number of carbonyl (C=O) groups excluding carboxylic acids is 1. The van der Waals surface area contributed by atoms with Crippen LogP contribution in [-0.2, 0) is 4.74 Å². The lowest BCUT2D eigenvalue weighted by Gasteiger charge is -2.07. The van der Waals surface area contributed by atoms with Crippen LogP contribution < -0.4 is 5.43 Å². The fourth-order valence-electron chi connectivity index (χ4n) is 2.75. The molecule has 0 fully saturated rings. The van der Waals surface area contributed by atoms with Crippen LogP contribution in [0.2, 0.25) is 0 Å². The quantitative estimate of drug-likeness (QED) is 0.234. The van der Waals surface area contributed by atoms with Crippen LogP contribution in [0.15, 0.2) is 70.8 Å². The van der Waals surface area contributed by atoms with Crippen molar-refractivity contribution >= 4 is 40.5 Å². The standard InChI is InChI=1S/C23H24N4O2S/c1-4-29-23(28)21-20(17-11-7-5-8-12-17)19(30-22(21)24-16-27(2)3)15-25-26-18-13-9-6-10-14-18/h5-16,26H,4H2,1-3H3. The number of benzene rings is 2. The topological polar surface area (TPSA) is 66.3 Å². The first kappa shape index (κ1) is 21.3. The minimum Gasteiger partial charge on any atom is -0.462 e. The van der Waals surface area contributed by atoms with Crippen LogP contribution in [0.1, 0.15) is 22.2 Å². The van der Waals surface area contributed by atoms with Crippen molar-refractivity contribution in [2.24, 2.45) is 10.1 Å². The highest BCUT2D eigenvalue weighted by Crippen LogP contribution is 2.41. The molecule has 2 aromatic carbocycles. The fraction of sp³-hybridized carbons (Fsp3) is 0.174. The third-order valence-electron chi connectivity index (χ3n) is 4.01. The normalized spacial score (nSPS) is 11.2. The molecule has 0 saturated carbocycles. The van der Waals surface area contributed by atoms with Gasteiger partial charge in [0.2, 0.25) is 0 Å². The number of rotatable bonds is 8. The zero-order chi connectivity index (χ0) is 21.3. The Bertz CT molecular complexity index is 1030. The molecule has 0 aliphatic carbocycles. The van der Waals surface area contributed by atoms with Gasteiger partial charge in [0.1, 0.15) is 10.6 Å². The maximum absolute atomic E-state index is 12.8. The largest absolute Gasteiger partial charge is 0.462 e. The minimum atomic E-state index is -0.394. The number of thiophene rings is 1. The average Bonchev–Trinajstić information content (AvgIpc) is 3.12. The Labute approximate surface area is 180 Å². The molecular weight excluding hydrogens is 396 g/mol. The van der Waals surface area contributed by atoms with Crippen molar-refractivity contribution < 1.29 is 9.53 Å². The van der Waals surface area contributed by atoms with E-state index in [9.17, 15) is 4.79 Å². The lowest BCUT2D eigenvalue weighted by molar-refractivity contribution is 0.0529. The van der Waals surface area contributed by atoms with Gasteiger partial charge in [0.25, 0.3) is 0 Å². The molecule has 0 aliphatic rings. The van der Waals surface area contributed by atoms with E-state index < -0.39 is 5.97 Å². The molecule has 1 aromatic heterocycles. The Balaban J connectivity index is 2.09. The van der Waals surface area contributed by atoms with Gasteiger partial charge in [0, 0.05) is 19.7 Å². The summed E-state index contributed by atoms with van der Waals surface area (Å²) < 4.78 is 5.34. The number of hydrazone groups is 1. The van der Waals surface area contributed by atoms with Gasteiger partial charge in [-0.15, -0.1) is 11.3 Å². The van der Waals surface area contributed by atoms with Crippen LogP contribution in [0.5, 0.6) is 0 Å². The predicted molar refractivity (Wildman–Crippen MR) is 125 cm³/mol. The lowest BCUT2D eigenvalue weighted by Crippen LogP contribution is -2.08. The van der Waals surface area contributed by atoms with Crippen molar-refractivity contribution in [3.63, 3.8) is 0 Å². The highest BCUT2D eigenvalue weighted by Gasteiger charge is 2.25. The fourth-order valence-corrected chi connectivity index (χ4v) is 3.77. The number of aliphatic imine (C=N–C) groups is 1. The Morgan fingerprint density at radius 2 is 1.77 bits per heavy atom. The first-order valence-corrected chi connectivity index (χ1v) is 10.4. The predicted octanol–water partition coefficient (Wildman–Crippen LogP) is 5.26. The molecule has 0 bridgehead atoms. The van der Waals surface area contributed by atoms with E-state index in [4.69, 9.17) is 4.74 Å². The molecule has 1 heterocycles. The number of ether oxygens (including phenoxy) is 1. The molecule has 0 radical (unpaired) electrons. The van der Waals surface area contributed by atoms with E-state index in [1.54, 1.807) is 19.5 Å². The van der Waals surface area contributed by atoms with Gasteiger partial charge in [0.15, 0.2) is 0 Å². The summed E-state index contributed by atoms with van der Waals surface area (Å²) in [5.41, 5.74) is 6.02. The second-order valence-corrected chi connectivity index (χ2v) is 7.58. The third-order valence-corrected chi connectivity index (χ3v) is 5.05. The summed E-state index contributed by atoms with van der Waals surface area (Å²) in [6.45, 7) is 2.08. The Hall–Kier alpha value is -3.45. The van der Waals surface area contributed by atoms with E-state index in [1.807, 2.05) is 79.7 Å². The summed E-state index contributed by atoms with van der Waals surface area (Å²) in [7, 11) is 3.76. The summed E-state index contributed by atoms with van der Waals surface area (Å²) in [4.78, 5) is 20.0. The van der Waals surface area contributed by atoms with E-state index >= 15 is 0 Å². The van der Waals surface area contributed by atoms with Crippen LogP contribution in [0.4, 0.5) is 10.7 Å². The first-order chi connectivity index (χ1) is 14.6. The Kier molecular flexibility index (Phi) is 7.34. The van der Waals surface area contributed by atoms with Crippen LogP contribution in [0, 0.1) is 0 Å². The van der Waals surface area contributed by atoms with Gasteiger partial charge in [-0.25, -0.2) is 9.79 Å². The summed E-state index contributed by atoms with van der Waals surface area (Å²) in [6.07, 6.45) is 3.39. The molecule has 0 aliphatic heterocycles. The van der Waals surface area contributed by atoms with Crippen molar-refractivity contribution in [2.75, 3.05) is 26.1 Å². The number of carbonyl (C=O) groups is 1. The van der Waals surface area contributed by atoms with E-state index in [0.29, 0.717) is 17.2 Å². The van der Waals surface area contributed by atoms with E-state index in [1.165, 1.54) is 11.3 Å². The Morgan fingerprint density at radius 3 is 2.40 bits per heavy atom. The number of hydrogen-bond acceptors (Lipinski definition) is 6. The van der Waals surface area contributed by atoms with Crippen molar-refractivity contribution in [1.82, 2.24) is 4.90 Å². The molecule has 30 heavy (non-hydrogen) atoms. The molecule has 1 N–H and O–H groups in total. The van der Waals surface area contributed by atoms with Crippen molar-refractivity contribution in [2.45, 2.75) is 6.92 Å². The number of nitrogens with zero attached hydrogens (tertiary/aromatic N) is 3. The molecule has 3 rings (SSSR count). The molecule has 6 nitrogen and oxygen atoms in total. The van der Waals surface area contributed by atoms with Crippen LogP contribution in [0.3, 0.4) is 0 Å². The first-order valence-electron chi connectivity index (χ1n) is 9.54. The highest BCUT2D eigenvalue weighted by molar-refractivity contribution is 7.18. The Morgan fingerprint density at radius 1 is 1.10 bits per heavy atom. The summed E-state index contributed by atoms with van der Waals surface area (Å²) in [6, 6.07) is 19.4. The molecule has 0 spiro atoms. The van der Waals surface area contributed by atoms with Crippen molar-refractivity contribution in [1.29, 1.82) is 0 Å². The molecule has 0 saturated heterocycles. The number of hydrogen-bond donors (Lipinski definition) is 1. The van der Waals surface area contributed by atoms with Crippen molar-refractivity contribution in [3.05, 3.63) is 71.1 Å². The molecule has 154 valence electrons. The van der Waals surface area contributed by atoms with Gasteiger partial charge in [-0.3, -0.25) is 5.43 Å². The van der Waals surface area contributed by atoms with Gasteiger partial charge in [-0.1, -0.05) is 48.5 Å². The number of anilines is 1. The number of esters is 1. The SMILES string of the molecule is CCOC(=O)c1c(N=CN(C)C)sc(C=NNc2ccccc2)c1-c1ccccc1. The zero-order valence-corrected chi connectivity index (χ0v) is 18.0. The molecule has 0 amide bonds. The average molecular weight is 421 g/mol. The maximum atomic E-state index is 12.8. The molecule has 3 aromatic rings. The van der Waals surface area contributed by atoms with Gasteiger partial charge in [0.05, 0.1) is 29.7 Å². The van der Waals surface area contributed by atoms with E-state index in [0.717, 1.165) is 21.7 Å². The summed E-state index contributed by atoms with van der Waals surface area (Å²) >= 11 is 1.40. The highest BCUT2D eigenvalue weighted by atomic mass is 32.1. The minimum absolute atomic E-state index is 0.290. The van der Waals surface area contributed by atoms with Gasteiger partial charge >= 0.3 is 5.97 Å². The van der Waals surface area contributed by atoms with Gasteiger partial charge in [-0.05, 0) is 24.6 Å². The number of nitrogens with one attached hydrogen (secondary N) is 1. The van der Waals surface area contributed by atoms with E-state index in [-0.39, 0.29) is 0 Å². The second-order valence-electron chi connectivity index (χ2n) is 6.55. The van der Waals surface area contributed by atoms with Gasteiger partial charge < -0.3 is 9.64 Å². The van der Waals surface area contributed by atoms with Gasteiger partial charge in [-0.2, -0.15) is 5.10 Å². The summed E-state index contributed by atoms with van der Waals surface area (Å²) in [5.74, 6) is -0.394. The molecular formula is C23H24N4O2S.